The van der Waals surface area contributed by atoms with Crippen molar-refractivity contribution in [3.05, 3.63) is 36.9 Å². The third-order valence-electron chi connectivity index (χ3n) is 4.52. The van der Waals surface area contributed by atoms with Gasteiger partial charge in [0.15, 0.2) is 0 Å². The molecular weight excluding hydrogens is 316 g/mol. The second kappa shape index (κ2) is 7.06. The molecule has 1 aliphatic rings. The van der Waals surface area contributed by atoms with Crippen LogP contribution < -0.4 is 10.5 Å². The molecule has 0 atom stereocenters. The van der Waals surface area contributed by atoms with Crippen LogP contribution >= 0.6 is 0 Å². The zero-order valence-corrected chi connectivity index (χ0v) is 14.1. The molecule has 7 heteroatoms. The van der Waals surface area contributed by atoms with Crippen LogP contribution in [0.4, 0.5) is 5.82 Å². The van der Waals surface area contributed by atoms with Gasteiger partial charge < -0.3 is 15.4 Å². The van der Waals surface area contributed by atoms with Crippen LogP contribution in [0, 0.1) is 0 Å². The molecule has 3 aromatic rings. The Morgan fingerprint density at radius 1 is 1.12 bits per heavy atom. The van der Waals surface area contributed by atoms with Crippen molar-refractivity contribution in [2.24, 2.45) is 0 Å². The molecule has 130 valence electrons. The molecule has 4 heterocycles. The van der Waals surface area contributed by atoms with E-state index >= 15 is 0 Å². The highest BCUT2D eigenvalue weighted by Crippen LogP contribution is 2.22. The lowest BCUT2D eigenvalue weighted by molar-refractivity contribution is 0.263. The van der Waals surface area contributed by atoms with Gasteiger partial charge in [-0.1, -0.05) is 0 Å². The summed E-state index contributed by atoms with van der Waals surface area (Å²) in [6, 6.07) is 5.65. The number of imidazole rings is 1. The molecule has 1 saturated heterocycles. The number of hydrogen-bond donors (Lipinski definition) is 1. The summed E-state index contributed by atoms with van der Waals surface area (Å²) in [5.41, 5.74) is 8.19. The maximum absolute atomic E-state index is 5.88. The fraction of sp³-hybridized carbons (Fsp3) is 0.389. The number of nitrogen functional groups attached to an aromatic ring is 1. The first kappa shape index (κ1) is 15.8. The minimum atomic E-state index is 0.443. The first-order chi connectivity index (χ1) is 12.3. The summed E-state index contributed by atoms with van der Waals surface area (Å²) >= 11 is 0. The predicted octanol–water partition coefficient (Wildman–Crippen LogP) is 2.24. The maximum Gasteiger partial charge on any atom is 0.140 e. The number of nitrogens with two attached hydrogens (primary N) is 1. The molecule has 0 aliphatic carbocycles. The Balaban J connectivity index is 1.42. The molecular formula is C18H22N6O. The lowest BCUT2D eigenvalue weighted by atomic mass is 10.3. The van der Waals surface area contributed by atoms with Gasteiger partial charge in [-0.15, -0.1) is 0 Å². The van der Waals surface area contributed by atoms with Crippen molar-refractivity contribution < 1.29 is 4.74 Å². The Kier molecular flexibility index (Phi) is 4.47. The quantitative estimate of drug-likeness (QED) is 0.694. The molecule has 0 radical (unpaired) electrons. The van der Waals surface area contributed by atoms with Gasteiger partial charge in [0.1, 0.15) is 23.5 Å². The predicted molar refractivity (Wildman–Crippen MR) is 96.4 cm³/mol. The van der Waals surface area contributed by atoms with Gasteiger partial charge in [-0.05, 0) is 38.4 Å². The summed E-state index contributed by atoms with van der Waals surface area (Å²) in [5.74, 6) is 1.28. The third kappa shape index (κ3) is 3.56. The van der Waals surface area contributed by atoms with Crippen molar-refractivity contribution in [2.75, 3.05) is 32.0 Å². The zero-order valence-electron chi connectivity index (χ0n) is 14.1. The molecule has 3 aromatic heterocycles. The van der Waals surface area contributed by atoms with Gasteiger partial charge >= 0.3 is 0 Å². The normalized spacial score (nSPS) is 15.0. The van der Waals surface area contributed by atoms with Gasteiger partial charge in [0, 0.05) is 24.9 Å². The van der Waals surface area contributed by atoms with Gasteiger partial charge in [-0.2, -0.15) is 0 Å². The topological polar surface area (TPSA) is 81.6 Å². The van der Waals surface area contributed by atoms with E-state index in [1.165, 1.54) is 32.3 Å². The first-order valence-electron chi connectivity index (χ1n) is 8.70. The number of anilines is 1. The summed E-state index contributed by atoms with van der Waals surface area (Å²) in [7, 11) is 0. The number of fused-ring (bicyclic) bond motifs is 1. The number of pyridine rings is 1. The molecule has 0 amide bonds. The second-order valence-electron chi connectivity index (χ2n) is 6.31. The number of nitrogens with zero attached hydrogens (tertiary/aromatic N) is 5. The molecule has 1 fully saturated rings. The van der Waals surface area contributed by atoms with Crippen molar-refractivity contribution in [1.29, 1.82) is 0 Å². The van der Waals surface area contributed by atoms with Crippen LogP contribution in [-0.4, -0.2) is 50.5 Å². The number of rotatable bonds is 6. The van der Waals surface area contributed by atoms with Crippen molar-refractivity contribution in [3.63, 3.8) is 0 Å². The molecule has 0 unspecified atom stereocenters. The highest BCUT2D eigenvalue weighted by molar-refractivity contribution is 5.62. The number of hydrogen-bond acceptors (Lipinski definition) is 6. The van der Waals surface area contributed by atoms with Crippen LogP contribution in [-0.2, 0) is 0 Å². The number of aromatic nitrogens is 4. The van der Waals surface area contributed by atoms with E-state index in [9.17, 15) is 0 Å². The van der Waals surface area contributed by atoms with Gasteiger partial charge in [-0.3, -0.25) is 4.40 Å². The lowest BCUT2D eigenvalue weighted by Crippen LogP contribution is -2.21. The largest absolute Gasteiger partial charge is 0.493 e. The van der Waals surface area contributed by atoms with E-state index in [2.05, 4.69) is 19.9 Å². The Hall–Kier alpha value is -2.67. The standard InChI is InChI=1S/C18H22N6O/c19-17-11-15(21-13-22-17)16-12-20-18-10-14(4-8-24(16)18)25-9-3-7-23-5-1-2-6-23/h4,8,10-13H,1-3,5-7,9H2,(H2,19,21,22). The van der Waals surface area contributed by atoms with Gasteiger partial charge in [-0.25, -0.2) is 15.0 Å². The first-order valence-corrected chi connectivity index (χ1v) is 8.70. The molecule has 1 aliphatic heterocycles. The fourth-order valence-corrected chi connectivity index (χ4v) is 3.24. The van der Waals surface area contributed by atoms with E-state index in [0.29, 0.717) is 5.82 Å². The van der Waals surface area contributed by atoms with Crippen molar-refractivity contribution in [3.8, 4) is 17.1 Å². The summed E-state index contributed by atoms with van der Waals surface area (Å²) in [6.07, 6.45) is 8.91. The van der Waals surface area contributed by atoms with E-state index in [-0.39, 0.29) is 0 Å². The van der Waals surface area contributed by atoms with Crippen molar-refractivity contribution >= 4 is 11.5 Å². The Morgan fingerprint density at radius 2 is 2.00 bits per heavy atom. The summed E-state index contributed by atoms with van der Waals surface area (Å²) < 4.78 is 7.85. The molecule has 0 spiro atoms. The van der Waals surface area contributed by atoms with Gasteiger partial charge in [0.05, 0.1) is 24.2 Å². The number of likely N-dealkylation sites (tertiary alicyclic amines) is 1. The van der Waals surface area contributed by atoms with Crippen LogP contribution in [0.25, 0.3) is 17.0 Å². The molecule has 4 rings (SSSR count). The highest BCUT2D eigenvalue weighted by atomic mass is 16.5. The van der Waals surface area contributed by atoms with Crippen LogP contribution in [0.5, 0.6) is 5.75 Å². The highest BCUT2D eigenvalue weighted by Gasteiger charge is 2.11. The Morgan fingerprint density at radius 3 is 2.84 bits per heavy atom. The van der Waals surface area contributed by atoms with E-state index in [0.717, 1.165) is 42.4 Å². The summed E-state index contributed by atoms with van der Waals surface area (Å²) in [4.78, 5) is 15.1. The molecule has 0 bridgehead atoms. The average Bonchev–Trinajstić information content (AvgIpc) is 3.28. The van der Waals surface area contributed by atoms with E-state index in [1.54, 1.807) is 12.3 Å². The van der Waals surface area contributed by atoms with E-state index in [4.69, 9.17) is 10.5 Å². The summed E-state index contributed by atoms with van der Waals surface area (Å²) in [5, 5.41) is 0. The average molecular weight is 338 g/mol. The third-order valence-corrected chi connectivity index (χ3v) is 4.52. The molecule has 7 nitrogen and oxygen atoms in total. The minimum Gasteiger partial charge on any atom is -0.493 e. The van der Waals surface area contributed by atoms with Crippen molar-refractivity contribution in [1.82, 2.24) is 24.3 Å². The molecule has 2 N–H and O–H groups in total. The lowest BCUT2D eigenvalue weighted by Gasteiger charge is -2.14. The second-order valence-corrected chi connectivity index (χ2v) is 6.31. The minimum absolute atomic E-state index is 0.443. The Labute approximate surface area is 146 Å². The molecule has 0 aromatic carbocycles. The Bertz CT molecular complexity index is 856. The van der Waals surface area contributed by atoms with E-state index < -0.39 is 0 Å². The zero-order chi connectivity index (χ0) is 17.1. The molecule has 0 saturated carbocycles. The van der Waals surface area contributed by atoms with Gasteiger partial charge in [0.25, 0.3) is 0 Å². The van der Waals surface area contributed by atoms with Crippen molar-refractivity contribution in [2.45, 2.75) is 19.3 Å². The SMILES string of the molecule is Nc1cc(-c2cnc3cc(OCCCN4CCCC4)ccn23)ncn1. The van der Waals surface area contributed by atoms with Crippen LogP contribution in [0.1, 0.15) is 19.3 Å². The fourth-order valence-electron chi connectivity index (χ4n) is 3.24. The monoisotopic (exact) mass is 338 g/mol. The van der Waals surface area contributed by atoms with Crippen LogP contribution in [0.3, 0.4) is 0 Å². The summed E-state index contributed by atoms with van der Waals surface area (Å²) in [6.45, 7) is 4.31. The smallest absolute Gasteiger partial charge is 0.140 e. The number of ether oxygens (including phenoxy) is 1. The van der Waals surface area contributed by atoms with Crippen LogP contribution in [0.15, 0.2) is 36.9 Å². The molecule has 25 heavy (non-hydrogen) atoms. The van der Waals surface area contributed by atoms with Crippen LogP contribution in [0.2, 0.25) is 0 Å². The van der Waals surface area contributed by atoms with Gasteiger partial charge in [0.2, 0.25) is 0 Å². The maximum atomic E-state index is 5.88. The van der Waals surface area contributed by atoms with E-state index in [1.807, 2.05) is 22.7 Å².